The smallest absolute Gasteiger partial charge is 0.250 e. The molecule has 0 bridgehead atoms. The van der Waals surface area contributed by atoms with Crippen molar-refractivity contribution >= 4 is 29.4 Å². The van der Waals surface area contributed by atoms with Crippen LogP contribution in [-0.4, -0.2) is 39.4 Å². The molecular formula is C15H19N3O2S. The van der Waals surface area contributed by atoms with Crippen LogP contribution in [-0.2, 0) is 9.59 Å². The zero-order chi connectivity index (χ0) is 15.2. The van der Waals surface area contributed by atoms with Crippen LogP contribution in [0.2, 0.25) is 0 Å². The van der Waals surface area contributed by atoms with Crippen molar-refractivity contribution in [3.63, 3.8) is 0 Å². The van der Waals surface area contributed by atoms with Gasteiger partial charge in [-0.1, -0.05) is 19.1 Å². The number of carbonyl (C=O) groups is 2. The summed E-state index contributed by atoms with van der Waals surface area (Å²) in [6, 6.07) is 4.89. The molecule has 1 fully saturated rings. The Hall–Kier alpha value is -1.82. The van der Waals surface area contributed by atoms with Crippen molar-refractivity contribution in [3.05, 3.63) is 36.0 Å². The molecule has 5 nitrogen and oxygen atoms in total. The van der Waals surface area contributed by atoms with E-state index in [0.29, 0.717) is 23.0 Å². The zero-order valence-electron chi connectivity index (χ0n) is 12.2. The number of amides is 2. The Morgan fingerprint density at radius 1 is 1.52 bits per heavy atom. The van der Waals surface area contributed by atoms with Crippen molar-refractivity contribution in [2.24, 2.45) is 0 Å². The minimum Gasteiger partial charge on any atom is -0.317 e. The third-order valence-corrected chi connectivity index (χ3v) is 4.22. The Morgan fingerprint density at radius 3 is 3.00 bits per heavy atom. The lowest BCUT2D eigenvalue weighted by atomic mass is 10.2. The number of rotatable bonds is 4. The van der Waals surface area contributed by atoms with E-state index in [2.05, 4.69) is 10.3 Å². The molecule has 0 spiro atoms. The van der Waals surface area contributed by atoms with Gasteiger partial charge in [-0.15, -0.1) is 11.8 Å². The average Bonchev–Trinajstić information content (AvgIpc) is 2.97. The fourth-order valence-electron chi connectivity index (χ4n) is 2.13. The first kappa shape index (κ1) is 15.6. The Morgan fingerprint density at radius 2 is 2.33 bits per heavy atom. The predicted octanol–water partition coefficient (Wildman–Crippen LogP) is 2.28. The second-order valence-electron chi connectivity index (χ2n) is 4.79. The Kier molecular flexibility index (Phi) is 5.38. The maximum atomic E-state index is 12.4. The standard InChI is InChI=1S/C15H19N3O2S/c1-3-6-11(2)15(20)18-10-21-9-12(18)14(19)17-13-7-4-5-8-16-13/h4-8,12H,3,9-10H2,1-2H3,(H,16,17,19). The van der Waals surface area contributed by atoms with Gasteiger partial charge in [0.05, 0.1) is 5.88 Å². The highest BCUT2D eigenvalue weighted by molar-refractivity contribution is 7.99. The lowest BCUT2D eigenvalue weighted by Crippen LogP contribution is -2.44. The molecule has 112 valence electrons. The number of nitrogens with zero attached hydrogens (tertiary/aromatic N) is 2. The fraction of sp³-hybridized carbons (Fsp3) is 0.400. The van der Waals surface area contributed by atoms with Crippen LogP contribution in [0.25, 0.3) is 0 Å². The SMILES string of the molecule is CCC=C(C)C(=O)N1CSCC1C(=O)Nc1ccccn1. The van der Waals surface area contributed by atoms with Gasteiger partial charge < -0.3 is 10.2 Å². The number of allylic oxidation sites excluding steroid dienone is 1. The van der Waals surface area contributed by atoms with Crippen LogP contribution in [0.4, 0.5) is 5.82 Å². The predicted molar refractivity (Wildman–Crippen MR) is 84.9 cm³/mol. The molecule has 1 N–H and O–H groups in total. The van der Waals surface area contributed by atoms with Crippen molar-refractivity contribution in [2.45, 2.75) is 26.3 Å². The van der Waals surface area contributed by atoms with Crippen LogP contribution < -0.4 is 5.32 Å². The van der Waals surface area contributed by atoms with Crippen LogP contribution in [0.3, 0.4) is 0 Å². The van der Waals surface area contributed by atoms with Gasteiger partial charge in [-0.2, -0.15) is 0 Å². The fourth-order valence-corrected chi connectivity index (χ4v) is 3.28. The first-order chi connectivity index (χ1) is 10.1. The van der Waals surface area contributed by atoms with Crippen molar-refractivity contribution in [1.82, 2.24) is 9.88 Å². The van der Waals surface area contributed by atoms with Crippen LogP contribution in [0.5, 0.6) is 0 Å². The van der Waals surface area contributed by atoms with Gasteiger partial charge in [-0.3, -0.25) is 9.59 Å². The molecule has 21 heavy (non-hydrogen) atoms. The van der Waals surface area contributed by atoms with Gasteiger partial charge in [0.15, 0.2) is 0 Å². The second kappa shape index (κ2) is 7.26. The minimum absolute atomic E-state index is 0.0666. The largest absolute Gasteiger partial charge is 0.317 e. The molecule has 2 amide bonds. The van der Waals surface area contributed by atoms with Gasteiger partial charge in [0, 0.05) is 17.5 Å². The first-order valence-corrected chi connectivity index (χ1v) is 8.06. The molecule has 1 unspecified atom stereocenters. The van der Waals surface area contributed by atoms with Gasteiger partial charge in [0.2, 0.25) is 5.91 Å². The van der Waals surface area contributed by atoms with Crippen LogP contribution >= 0.6 is 11.8 Å². The van der Waals surface area contributed by atoms with Gasteiger partial charge in [0.1, 0.15) is 11.9 Å². The zero-order valence-corrected chi connectivity index (χ0v) is 13.0. The summed E-state index contributed by atoms with van der Waals surface area (Å²) in [5.41, 5.74) is 0.690. The summed E-state index contributed by atoms with van der Waals surface area (Å²) in [6.45, 7) is 3.78. The quantitative estimate of drug-likeness (QED) is 0.867. The van der Waals surface area contributed by atoms with E-state index in [1.807, 2.05) is 19.1 Å². The number of nitrogens with one attached hydrogen (secondary N) is 1. The lowest BCUT2D eigenvalue weighted by Gasteiger charge is -2.23. The maximum absolute atomic E-state index is 12.4. The molecule has 1 saturated heterocycles. The molecule has 6 heteroatoms. The number of pyridine rings is 1. The van der Waals surface area contributed by atoms with E-state index in [9.17, 15) is 9.59 Å². The highest BCUT2D eigenvalue weighted by Crippen LogP contribution is 2.23. The van der Waals surface area contributed by atoms with Gasteiger partial charge >= 0.3 is 0 Å². The van der Waals surface area contributed by atoms with Crippen molar-refractivity contribution < 1.29 is 9.59 Å². The summed E-state index contributed by atoms with van der Waals surface area (Å²) in [7, 11) is 0. The normalized spacial score (nSPS) is 18.7. The molecule has 0 saturated carbocycles. The topological polar surface area (TPSA) is 62.3 Å². The third-order valence-electron chi connectivity index (χ3n) is 3.21. The van der Waals surface area contributed by atoms with Crippen molar-refractivity contribution in [1.29, 1.82) is 0 Å². The second-order valence-corrected chi connectivity index (χ2v) is 5.79. The minimum atomic E-state index is -0.440. The summed E-state index contributed by atoms with van der Waals surface area (Å²) < 4.78 is 0. The number of aromatic nitrogens is 1. The van der Waals surface area contributed by atoms with E-state index >= 15 is 0 Å². The molecule has 1 aromatic rings. The molecule has 2 heterocycles. The van der Waals surface area contributed by atoms with Gasteiger partial charge in [0.25, 0.3) is 5.91 Å². The molecule has 0 aliphatic carbocycles. The molecule has 0 aromatic carbocycles. The average molecular weight is 305 g/mol. The van der Waals surface area contributed by atoms with E-state index in [1.54, 1.807) is 41.9 Å². The molecule has 1 aliphatic rings. The summed E-state index contributed by atoms with van der Waals surface area (Å²) in [4.78, 5) is 30.4. The maximum Gasteiger partial charge on any atom is 0.250 e. The van der Waals surface area contributed by atoms with E-state index < -0.39 is 6.04 Å². The molecule has 1 aliphatic heterocycles. The van der Waals surface area contributed by atoms with E-state index in [0.717, 1.165) is 6.42 Å². The van der Waals surface area contributed by atoms with Crippen molar-refractivity contribution in [3.8, 4) is 0 Å². The molecule has 2 rings (SSSR count). The third kappa shape index (κ3) is 3.85. The Bertz CT molecular complexity index is 545. The van der Waals surface area contributed by atoms with Crippen LogP contribution in [0.1, 0.15) is 20.3 Å². The van der Waals surface area contributed by atoms with Gasteiger partial charge in [-0.05, 0) is 25.5 Å². The Balaban J connectivity index is 2.06. The van der Waals surface area contributed by atoms with E-state index in [1.165, 1.54) is 0 Å². The summed E-state index contributed by atoms with van der Waals surface area (Å²) in [5, 5.41) is 2.76. The van der Waals surface area contributed by atoms with Crippen LogP contribution in [0.15, 0.2) is 36.0 Å². The monoisotopic (exact) mass is 305 g/mol. The first-order valence-electron chi connectivity index (χ1n) is 6.91. The summed E-state index contributed by atoms with van der Waals surface area (Å²) in [6.07, 6.45) is 4.32. The number of hydrogen-bond acceptors (Lipinski definition) is 4. The van der Waals surface area contributed by atoms with E-state index in [4.69, 9.17) is 0 Å². The number of hydrogen-bond donors (Lipinski definition) is 1. The highest BCUT2D eigenvalue weighted by Gasteiger charge is 2.35. The highest BCUT2D eigenvalue weighted by atomic mass is 32.2. The molecular weight excluding hydrogens is 286 g/mol. The van der Waals surface area contributed by atoms with E-state index in [-0.39, 0.29) is 11.8 Å². The summed E-state index contributed by atoms with van der Waals surface area (Å²) in [5.74, 6) is 1.42. The molecule has 1 atom stereocenters. The number of carbonyl (C=O) groups excluding carboxylic acids is 2. The molecule has 0 radical (unpaired) electrons. The lowest BCUT2D eigenvalue weighted by molar-refractivity contribution is -0.133. The number of thioether (sulfide) groups is 1. The van der Waals surface area contributed by atoms with Crippen molar-refractivity contribution in [2.75, 3.05) is 16.9 Å². The number of anilines is 1. The Labute approximate surface area is 128 Å². The van der Waals surface area contributed by atoms with Gasteiger partial charge in [-0.25, -0.2) is 4.98 Å². The van der Waals surface area contributed by atoms with Crippen LogP contribution in [0, 0.1) is 0 Å². The molecule has 1 aromatic heterocycles. The summed E-state index contributed by atoms with van der Waals surface area (Å²) >= 11 is 1.59.